The van der Waals surface area contributed by atoms with Crippen molar-refractivity contribution in [1.82, 2.24) is 4.90 Å². The van der Waals surface area contributed by atoms with Crippen molar-refractivity contribution in [2.24, 2.45) is 0 Å². The van der Waals surface area contributed by atoms with E-state index in [1.807, 2.05) is 24.3 Å². The fourth-order valence-corrected chi connectivity index (χ4v) is 2.47. The molecule has 0 spiro atoms. The van der Waals surface area contributed by atoms with Gasteiger partial charge in [0.25, 0.3) is 0 Å². The van der Waals surface area contributed by atoms with E-state index in [0.717, 1.165) is 16.5 Å². The molecule has 18 heavy (non-hydrogen) atoms. The maximum atomic E-state index is 8.23. The van der Waals surface area contributed by atoms with Crippen molar-refractivity contribution in [3.63, 3.8) is 0 Å². The molecule has 1 heterocycles. The Bertz CT molecular complexity index is 502. The predicted molar refractivity (Wildman–Crippen MR) is 78.6 cm³/mol. The Balaban J connectivity index is 2.37. The lowest BCUT2D eigenvalue weighted by atomic mass is 9.85. The number of ether oxygens (including phenoxy) is 1. The van der Waals surface area contributed by atoms with Crippen molar-refractivity contribution in [2.75, 3.05) is 13.7 Å². The first-order valence-electron chi connectivity index (χ1n) is 5.47. The van der Waals surface area contributed by atoms with Gasteiger partial charge in [-0.3, -0.25) is 10.8 Å². The van der Waals surface area contributed by atoms with E-state index in [1.54, 1.807) is 7.05 Å². The van der Waals surface area contributed by atoms with Crippen molar-refractivity contribution in [3.05, 3.63) is 34.3 Å². The number of hydrogen-bond acceptors (Lipinski definition) is 3. The Morgan fingerprint density at radius 3 is 2.61 bits per heavy atom. The quantitative estimate of drug-likeness (QED) is 0.444. The van der Waals surface area contributed by atoms with Crippen molar-refractivity contribution in [3.8, 4) is 0 Å². The van der Waals surface area contributed by atoms with E-state index in [2.05, 4.69) is 28.6 Å². The first-order valence-corrected chi connectivity index (χ1v) is 6.71. The van der Waals surface area contributed by atoms with Gasteiger partial charge in [-0.1, -0.05) is 28.1 Å². The zero-order valence-electron chi connectivity index (χ0n) is 9.90. The summed E-state index contributed by atoms with van der Waals surface area (Å²) in [5.41, 5.74) is 0.183. The van der Waals surface area contributed by atoms with E-state index in [1.165, 1.54) is 4.90 Å². The van der Waals surface area contributed by atoms with Crippen LogP contribution in [0.1, 0.15) is 12.0 Å². The van der Waals surface area contributed by atoms with E-state index in [9.17, 15) is 0 Å². The molecule has 1 aromatic rings. The van der Waals surface area contributed by atoms with Gasteiger partial charge < -0.3 is 9.64 Å². The van der Waals surface area contributed by atoms with E-state index < -0.39 is 5.60 Å². The molecule has 0 aliphatic carbocycles. The summed E-state index contributed by atoms with van der Waals surface area (Å²) in [5, 5.41) is 15.8. The molecule has 4 nitrogen and oxygen atoms in total. The van der Waals surface area contributed by atoms with E-state index in [0.29, 0.717) is 6.61 Å². The molecule has 2 rings (SSSR count). The Labute approximate surface area is 120 Å². The summed E-state index contributed by atoms with van der Waals surface area (Å²) in [7, 11) is 1.65. The Morgan fingerprint density at radius 1 is 1.50 bits per heavy atom. The highest BCUT2D eigenvalue weighted by Gasteiger charge is 2.46. The summed E-state index contributed by atoms with van der Waals surface area (Å²) < 4.78 is 6.63. The number of nitrogens with one attached hydrogen (secondary N) is 2. The molecule has 0 aromatic heterocycles. The standard InChI is InChI=1S/C12H14BrN3OS/c1-16(11(15)18)10(14)12(5-6-17-12)8-3-2-4-9(13)7-8/h2-4,7,14H,5-6H2,1H3,(H2,15,18). The minimum atomic E-state index is -0.742. The van der Waals surface area contributed by atoms with E-state index in [4.69, 9.17) is 15.6 Å². The molecule has 1 unspecified atom stereocenters. The summed E-state index contributed by atoms with van der Waals surface area (Å²) in [5.74, 6) is 0.242. The summed E-state index contributed by atoms with van der Waals surface area (Å²) >= 11 is 7.39. The van der Waals surface area contributed by atoms with Crippen molar-refractivity contribution < 1.29 is 4.74 Å². The highest BCUT2D eigenvalue weighted by Crippen LogP contribution is 2.40. The third-order valence-electron chi connectivity index (χ3n) is 3.13. The molecule has 1 saturated heterocycles. The summed E-state index contributed by atoms with van der Waals surface area (Å²) in [6.07, 6.45) is 0.744. The lowest BCUT2D eigenvalue weighted by molar-refractivity contribution is -0.107. The second-order valence-electron chi connectivity index (χ2n) is 4.17. The average Bonchev–Trinajstić information content (AvgIpc) is 2.26. The summed E-state index contributed by atoms with van der Waals surface area (Å²) in [6.45, 7) is 0.628. The van der Waals surface area contributed by atoms with Crippen LogP contribution in [0.2, 0.25) is 0 Å². The van der Waals surface area contributed by atoms with Gasteiger partial charge in [-0.05, 0) is 17.7 Å². The molecule has 0 saturated carbocycles. The van der Waals surface area contributed by atoms with Crippen LogP contribution in [0, 0.1) is 10.8 Å². The normalized spacial score (nSPS) is 22.2. The summed E-state index contributed by atoms with van der Waals surface area (Å²) in [6, 6.07) is 7.74. The van der Waals surface area contributed by atoms with Crippen molar-refractivity contribution in [1.29, 1.82) is 10.8 Å². The Hall–Kier alpha value is -0.850. The Morgan fingerprint density at radius 2 is 2.17 bits per heavy atom. The number of thiol groups is 1. The third-order valence-corrected chi connectivity index (χ3v) is 3.92. The van der Waals surface area contributed by atoms with Gasteiger partial charge in [0.2, 0.25) is 0 Å². The van der Waals surface area contributed by atoms with Gasteiger partial charge in [0, 0.05) is 17.9 Å². The van der Waals surface area contributed by atoms with Crippen LogP contribution in [0.5, 0.6) is 0 Å². The molecule has 6 heteroatoms. The van der Waals surface area contributed by atoms with Gasteiger partial charge in [-0.25, -0.2) is 0 Å². The van der Waals surface area contributed by atoms with Gasteiger partial charge in [-0.2, -0.15) is 0 Å². The van der Waals surface area contributed by atoms with Gasteiger partial charge in [0.1, 0.15) is 5.84 Å². The fraction of sp³-hybridized carbons (Fsp3) is 0.333. The van der Waals surface area contributed by atoms with Crippen LogP contribution >= 0.6 is 28.6 Å². The van der Waals surface area contributed by atoms with Crippen LogP contribution in [0.4, 0.5) is 0 Å². The average molecular weight is 328 g/mol. The number of likely N-dealkylation sites (N-methyl/N-ethyl adjacent to an activating group) is 1. The molecule has 1 aromatic carbocycles. The van der Waals surface area contributed by atoms with Gasteiger partial charge in [0.15, 0.2) is 10.8 Å². The Kier molecular flexibility index (Phi) is 3.79. The van der Waals surface area contributed by atoms with Crippen LogP contribution in [0.15, 0.2) is 28.7 Å². The molecule has 0 amide bonds. The van der Waals surface area contributed by atoms with Crippen LogP contribution in [0.3, 0.4) is 0 Å². The molecule has 1 fully saturated rings. The third kappa shape index (κ3) is 2.20. The fourth-order valence-electron chi connectivity index (χ4n) is 1.97. The zero-order valence-corrected chi connectivity index (χ0v) is 12.4. The molecule has 1 atom stereocenters. The number of nitrogens with zero attached hydrogens (tertiary/aromatic N) is 1. The van der Waals surface area contributed by atoms with Gasteiger partial charge in [-0.15, -0.1) is 12.6 Å². The molecular formula is C12H14BrN3OS. The second-order valence-corrected chi connectivity index (χ2v) is 5.51. The SMILES string of the molecule is CN(C(=N)S)C(=N)C1(c2cccc(Br)c2)CCO1. The van der Waals surface area contributed by atoms with Gasteiger partial charge >= 0.3 is 0 Å². The molecule has 1 aliphatic heterocycles. The van der Waals surface area contributed by atoms with E-state index in [-0.39, 0.29) is 11.0 Å². The van der Waals surface area contributed by atoms with Crippen LogP contribution in [-0.2, 0) is 10.3 Å². The first-order chi connectivity index (χ1) is 8.47. The topological polar surface area (TPSA) is 60.2 Å². The zero-order chi connectivity index (χ0) is 13.3. The van der Waals surface area contributed by atoms with Crippen molar-refractivity contribution in [2.45, 2.75) is 12.0 Å². The molecular weight excluding hydrogens is 314 g/mol. The first kappa shape index (κ1) is 13.6. The minimum absolute atomic E-state index is 0.0323. The number of hydrogen-bond donors (Lipinski definition) is 3. The smallest absolute Gasteiger partial charge is 0.158 e. The maximum absolute atomic E-state index is 8.23. The molecule has 0 bridgehead atoms. The summed E-state index contributed by atoms with van der Waals surface area (Å²) in [4.78, 5) is 1.42. The molecule has 0 radical (unpaired) electrons. The second kappa shape index (κ2) is 5.03. The van der Waals surface area contributed by atoms with Crippen molar-refractivity contribution >= 4 is 39.6 Å². The number of rotatable bonds is 2. The van der Waals surface area contributed by atoms with Gasteiger partial charge in [0.05, 0.1) is 6.61 Å². The number of benzene rings is 1. The van der Waals surface area contributed by atoms with Crippen LogP contribution in [0.25, 0.3) is 0 Å². The van der Waals surface area contributed by atoms with E-state index >= 15 is 0 Å². The molecule has 2 N–H and O–H groups in total. The lowest BCUT2D eigenvalue weighted by Crippen LogP contribution is -2.54. The van der Waals surface area contributed by atoms with Crippen LogP contribution in [-0.4, -0.2) is 29.6 Å². The number of halogens is 1. The monoisotopic (exact) mass is 327 g/mol. The molecule has 1 aliphatic rings. The highest BCUT2D eigenvalue weighted by atomic mass is 79.9. The largest absolute Gasteiger partial charge is 0.362 e. The maximum Gasteiger partial charge on any atom is 0.158 e. The van der Waals surface area contributed by atoms with Crippen LogP contribution < -0.4 is 0 Å². The highest BCUT2D eigenvalue weighted by molar-refractivity contribution is 9.10. The molecule has 96 valence electrons. The number of amidine groups is 2. The lowest BCUT2D eigenvalue weighted by Gasteiger charge is -2.44. The minimum Gasteiger partial charge on any atom is -0.362 e. The predicted octanol–water partition coefficient (Wildman–Crippen LogP) is 2.84.